The van der Waals surface area contributed by atoms with Crippen molar-refractivity contribution >= 4 is 6.09 Å². The van der Waals surface area contributed by atoms with Crippen LogP contribution in [0, 0.1) is 0 Å². The molecule has 1 aromatic rings. The number of ether oxygens (including phenoxy) is 1. The number of benzene rings is 1. The van der Waals surface area contributed by atoms with E-state index in [0.29, 0.717) is 24.3 Å². The van der Waals surface area contributed by atoms with Gasteiger partial charge in [0.1, 0.15) is 5.75 Å². The smallest absolute Gasteiger partial charge is 0.407 e. The fourth-order valence-electron chi connectivity index (χ4n) is 2.41. The zero-order valence-corrected chi connectivity index (χ0v) is 10.2. The molecule has 1 aliphatic rings. The molecule has 98 valence electrons. The molecule has 2 rings (SSSR count). The Morgan fingerprint density at radius 2 is 2.33 bits per heavy atom. The van der Waals surface area contributed by atoms with E-state index >= 15 is 0 Å². The predicted octanol–water partition coefficient (Wildman–Crippen LogP) is 1.87. The first-order valence-corrected chi connectivity index (χ1v) is 5.95. The number of carboxylic acid groups (broad SMARTS) is 1. The van der Waals surface area contributed by atoms with Crippen LogP contribution in [-0.2, 0) is 0 Å². The average molecular weight is 251 g/mol. The molecule has 5 heteroatoms. The first-order chi connectivity index (χ1) is 8.63. The zero-order chi connectivity index (χ0) is 13.1. The number of aliphatic hydroxyl groups is 1. The van der Waals surface area contributed by atoms with Crippen LogP contribution in [0.15, 0.2) is 24.3 Å². The first kappa shape index (κ1) is 12.7. The second-order valence-electron chi connectivity index (χ2n) is 4.41. The van der Waals surface area contributed by atoms with Gasteiger partial charge in [0.25, 0.3) is 0 Å². The summed E-state index contributed by atoms with van der Waals surface area (Å²) in [7, 11) is 1.56. The van der Waals surface area contributed by atoms with Crippen LogP contribution in [0.4, 0.5) is 4.79 Å². The van der Waals surface area contributed by atoms with Crippen molar-refractivity contribution in [1.82, 2.24) is 4.90 Å². The number of aliphatic hydroxyl groups excluding tert-OH is 1. The number of hydrogen-bond donors (Lipinski definition) is 2. The van der Waals surface area contributed by atoms with Crippen molar-refractivity contribution in [2.24, 2.45) is 0 Å². The fraction of sp³-hybridized carbons (Fsp3) is 0.462. The van der Waals surface area contributed by atoms with Gasteiger partial charge in [0, 0.05) is 6.54 Å². The minimum atomic E-state index is -0.973. The van der Waals surface area contributed by atoms with Gasteiger partial charge in [-0.25, -0.2) is 4.79 Å². The molecule has 5 nitrogen and oxygen atoms in total. The Morgan fingerprint density at radius 3 is 3.00 bits per heavy atom. The van der Waals surface area contributed by atoms with Crippen LogP contribution in [-0.4, -0.2) is 40.9 Å². The van der Waals surface area contributed by atoms with Crippen LogP contribution in [0.25, 0.3) is 0 Å². The van der Waals surface area contributed by atoms with Crippen molar-refractivity contribution in [3.8, 4) is 5.75 Å². The summed E-state index contributed by atoms with van der Waals surface area (Å²) in [6, 6.07) is 6.74. The van der Waals surface area contributed by atoms with Gasteiger partial charge in [0.2, 0.25) is 0 Å². The first-order valence-electron chi connectivity index (χ1n) is 5.95. The van der Waals surface area contributed by atoms with Gasteiger partial charge in [-0.1, -0.05) is 12.1 Å². The van der Waals surface area contributed by atoms with E-state index in [9.17, 15) is 9.90 Å². The number of likely N-dealkylation sites (tertiary alicyclic amines) is 1. The maximum absolute atomic E-state index is 11.1. The maximum Gasteiger partial charge on any atom is 0.407 e. The predicted molar refractivity (Wildman–Crippen MR) is 65.7 cm³/mol. The van der Waals surface area contributed by atoms with Crippen LogP contribution in [0.1, 0.15) is 24.5 Å². The lowest BCUT2D eigenvalue weighted by atomic mass is 10.0. The zero-order valence-electron chi connectivity index (χ0n) is 10.2. The number of nitrogens with zero attached hydrogens (tertiary/aromatic N) is 1. The highest BCUT2D eigenvalue weighted by Crippen LogP contribution is 2.30. The van der Waals surface area contributed by atoms with Gasteiger partial charge in [-0.05, 0) is 30.5 Å². The lowest BCUT2D eigenvalue weighted by Crippen LogP contribution is -2.38. The van der Waals surface area contributed by atoms with E-state index in [-0.39, 0.29) is 6.04 Å². The summed E-state index contributed by atoms with van der Waals surface area (Å²) in [4.78, 5) is 12.4. The molecule has 0 spiro atoms. The number of carbonyl (C=O) groups is 1. The van der Waals surface area contributed by atoms with Crippen LogP contribution in [0.2, 0.25) is 0 Å². The van der Waals surface area contributed by atoms with Crippen molar-refractivity contribution in [3.05, 3.63) is 29.8 Å². The van der Waals surface area contributed by atoms with Crippen molar-refractivity contribution in [2.75, 3.05) is 13.7 Å². The van der Waals surface area contributed by atoms with Crippen molar-refractivity contribution in [2.45, 2.75) is 25.0 Å². The Balaban J connectivity index is 2.19. The molecular weight excluding hydrogens is 234 g/mol. The van der Waals surface area contributed by atoms with Crippen molar-refractivity contribution < 1.29 is 19.7 Å². The summed E-state index contributed by atoms with van der Waals surface area (Å²) in [6.07, 6.45) is -0.305. The second-order valence-corrected chi connectivity index (χ2v) is 4.41. The van der Waals surface area contributed by atoms with Crippen molar-refractivity contribution in [3.63, 3.8) is 0 Å². The van der Waals surface area contributed by atoms with E-state index in [2.05, 4.69) is 0 Å². The van der Waals surface area contributed by atoms with Crippen molar-refractivity contribution in [1.29, 1.82) is 0 Å². The molecule has 0 bridgehead atoms. The molecular formula is C13H17NO4. The SMILES string of the molecule is COc1cccc([C@H](O)[C@@H]2CCCN2C(=O)O)c1. The summed E-state index contributed by atoms with van der Waals surface area (Å²) in [5, 5.41) is 19.4. The number of hydrogen-bond acceptors (Lipinski definition) is 3. The standard InChI is InChI=1S/C13H17NO4/c1-18-10-5-2-4-9(8-10)12(15)11-6-3-7-14(11)13(16)17/h2,4-5,8,11-12,15H,3,6-7H2,1H3,(H,16,17)/t11-,12-/m0/s1. The Labute approximate surface area is 106 Å². The molecule has 1 amide bonds. The minimum absolute atomic E-state index is 0.366. The van der Waals surface area contributed by atoms with Gasteiger partial charge in [0.15, 0.2) is 0 Å². The number of rotatable bonds is 3. The summed E-state index contributed by atoms with van der Waals surface area (Å²) < 4.78 is 5.10. The lowest BCUT2D eigenvalue weighted by Gasteiger charge is -2.26. The molecule has 0 radical (unpaired) electrons. The van der Waals surface area contributed by atoms with Gasteiger partial charge >= 0.3 is 6.09 Å². The van der Waals surface area contributed by atoms with Crippen LogP contribution in [0.5, 0.6) is 5.75 Å². The Kier molecular flexibility index (Phi) is 3.72. The lowest BCUT2D eigenvalue weighted by molar-refractivity contribution is 0.0676. The molecule has 1 heterocycles. The van der Waals surface area contributed by atoms with Crippen LogP contribution >= 0.6 is 0 Å². The fourth-order valence-corrected chi connectivity index (χ4v) is 2.41. The van der Waals surface area contributed by atoms with E-state index < -0.39 is 12.2 Å². The largest absolute Gasteiger partial charge is 0.497 e. The number of methoxy groups -OCH3 is 1. The average Bonchev–Trinajstić information content (AvgIpc) is 2.87. The normalized spacial score (nSPS) is 20.8. The minimum Gasteiger partial charge on any atom is -0.497 e. The third kappa shape index (κ3) is 2.41. The summed E-state index contributed by atoms with van der Waals surface area (Å²) in [5.74, 6) is 0.659. The molecule has 1 aromatic carbocycles. The summed E-state index contributed by atoms with van der Waals surface area (Å²) >= 11 is 0. The molecule has 1 fully saturated rings. The Bertz CT molecular complexity index is 435. The number of amides is 1. The summed E-state index contributed by atoms with van der Waals surface area (Å²) in [6.45, 7) is 0.487. The maximum atomic E-state index is 11.1. The van der Waals surface area contributed by atoms with Gasteiger partial charge in [-0.15, -0.1) is 0 Å². The molecule has 0 aromatic heterocycles. The molecule has 1 aliphatic heterocycles. The quantitative estimate of drug-likeness (QED) is 0.860. The van der Waals surface area contributed by atoms with Gasteiger partial charge in [-0.2, -0.15) is 0 Å². The van der Waals surface area contributed by atoms with Gasteiger partial charge in [0.05, 0.1) is 19.3 Å². The van der Waals surface area contributed by atoms with Crippen LogP contribution in [0.3, 0.4) is 0 Å². The van der Waals surface area contributed by atoms with Gasteiger partial charge < -0.3 is 19.8 Å². The van der Waals surface area contributed by atoms with E-state index in [1.807, 2.05) is 0 Å². The Morgan fingerprint density at radius 1 is 1.56 bits per heavy atom. The molecule has 0 aliphatic carbocycles. The molecule has 2 atom stereocenters. The molecule has 1 saturated heterocycles. The highest BCUT2D eigenvalue weighted by Gasteiger charge is 2.34. The third-order valence-corrected chi connectivity index (χ3v) is 3.34. The van der Waals surface area contributed by atoms with Gasteiger partial charge in [-0.3, -0.25) is 0 Å². The Hall–Kier alpha value is -1.75. The molecule has 2 N–H and O–H groups in total. The monoisotopic (exact) mass is 251 g/mol. The van der Waals surface area contributed by atoms with E-state index in [1.165, 1.54) is 4.90 Å². The molecule has 0 unspecified atom stereocenters. The van der Waals surface area contributed by atoms with Crippen LogP contribution < -0.4 is 4.74 Å². The van der Waals surface area contributed by atoms with E-state index in [1.54, 1.807) is 31.4 Å². The highest BCUT2D eigenvalue weighted by atomic mass is 16.5. The second kappa shape index (κ2) is 5.27. The topological polar surface area (TPSA) is 70.0 Å². The molecule has 0 saturated carbocycles. The molecule has 18 heavy (non-hydrogen) atoms. The van der Waals surface area contributed by atoms with E-state index in [4.69, 9.17) is 9.84 Å². The highest BCUT2D eigenvalue weighted by molar-refractivity contribution is 5.66. The van der Waals surface area contributed by atoms with E-state index in [0.717, 1.165) is 6.42 Å². The summed E-state index contributed by atoms with van der Waals surface area (Å²) in [5.41, 5.74) is 0.688. The third-order valence-electron chi connectivity index (χ3n) is 3.34.